The molecule has 4 saturated carbocycles. The van der Waals surface area contributed by atoms with Crippen molar-refractivity contribution in [2.75, 3.05) is 0 Å². The number of aliphatic hydroxyl groups excluding tert-OH is 1. The van der Waals surface area contributed by atoms with Crippen LogP contribution in [0.2, 0.25) is 0 Å². The molecule has 1 N–H and O–H groups in total. The van der Waals surface area contributed by atoms with Crippen molar-refractivity contribution >= 4 is 0 Å². The zero-order chi connectivity index (χ0) is 14.0. The van der Waals surface area contributed by atoms with Crippen LogP contribution in [0.5, 0.6) is 0 Å². The lowest BCUT2D eigenvalue weighted by atomic mass is 9.45. The number of hydrogen-bond donors (Lipinski definition) is 1. The molecule has 0 heterocycles. The first-order valence-electron chi connectivity index (χ1n) is 9.24. The highest BCUT2D eigenvalue weighted by molar-refractivity contribution is 5.08. The lowest BCUT2D eigenvalue weighted by molar-refractivity contribution is -0.120. The molecule has 0 aromatic carbocycles. The third-order valence-electron chi connectivity index (χ3n) is 8.53. The van der Waals surface area contributed by atoms with Crippen LogP contribution in [-0.2, 0) is 0 Å². The molecule has 1 heteroatoms. The minimum atomic E-state index is -0.00895. The molecule has 0 bridgehead atoms. The Kier molecular flexibility index (Phi) is 3.05. The average Bonchev–Trinajstić information content (AvgIpc) is 2.74. The molecule has 0 radical (unpaired) electrons. The van der Waals surface area contributed by atoms with E-state index in [1.54, 1.807) is 0 Å². The van der Waals surface area contributed by atoms with Gasteiger partial charge in [0.05, 0.1) is 6.10 Å². The Balaban J connectivity index is 1.64. The van der Waals surface area contributed by atoms with E-state index in [1.807, 2.05) is 0 Å². The van der Waals surface area contributed by atoms with Gasteiger partial charge in [0.2, 0.25) is 0 Å². The van der Waals surface area contributed by atoms with Gasteiger partial charge in [-0.2, -0.15) is 0 Å². The predicted octanol–water partition coefficient (Wildman–Crippen LogP) is 4.78. The molecule has 4 aliphatic carbocycles. The second-order valence-electron chi connectivity index (χ2n) is 9.04. The maximum absolute atomic E-state index is 10.5. The summed E-state index contributed by atoms with van der Waals surface area (Å²) in [5, 5.41) is 10.5. The fourth-order valence-corrected chi connectivity index (χ4v) is 7.27. The topological polar surface area (TPSA) is 20.2 Å². The van der Waals surface area contributed by atoms with E-state index in [4.69, 9.17) is 0 Å². The van der Waals surface area contributed by atoms with E-state index in [0.29, 0.717) is 5.41 Å². The van der Waals surface area contributed by atoms with Crippen LogP contribution in [0.4, 0.5) is 0 Å². The molecule has 1 nitrogen and oxygen atoms in total. The van der Waals surface area contributed by atoms with Crippen molar-refractivity contribution in [2.45, 2.75) is 84.2 Å². The average molecular weight is 276 g/mol. The monoisotopic (exact) mass is 276 g/mol. The number of rotatable bonds is 0. The SMILES string of the molecule is C[C@]12CCCC[C@H]1CC[C@@H]1[C@@H]2CC[C@]2(C)[C@@H](O)CC[C@@H]12. The summed E-state index contributed by atoms with van der Waals surface area (Å²) in [4.78, 5) is 0. The molecule has 114 valence electrons. The van der Waals surface area contributed by atoms with Crippen LogP contribution >= 0.6 is 0 Å². The maximum atomic E-state index is 10.5. The fourth-order valence-electron chi connectivity index (χ4n) is 7.27. The van der Waals surface area contributed by atoms with Gasteiger partial charge >= 0.3 is 0 Å². The second-order valence-corrected chi connectivity index (χ2v) is 9.04. The Bertz CT molecular complexity index is 391. The Labute approximate surface area is 124 Å². The van der Waals surface area contributed by atoms with Crippen molar-refractivity contribution in [3.8, 4) is 0 Å². The summed E-state index contributed by atoms with van der Waals surface area (Å²) in [5.74, 6) is 3.76. The van der Waals surface area contributed by atoms with Crippen molar-refractivity contribution in [2.24, 2.45) is 34.5 Å². The van der Waals surface area contributed by atoms with Gasteiger partial charge in [-0.15, -0.1) is 0 Å². The van der Waals surface area contributed by atoms with Gasteiger partial charge in [-0.3, -0.25) is 0 Å². The van der Waals surface area contributed by atoms with Crippen LogP contribution in [0.3, 0.4) is 0 Å². The van der Waals surface area contributed by atoms with Crippen LogP contribution in [-0.4, -0.2) is 11.2 Å². The van der Waals surface area contributed by atoms with E-state index in [2.05, 4.69) is 13.8 Å². The summed E-state index contributed by atoms with van der Waals surface area (Å²) < 4.78 is 0. The molecular formula is C19H32O. The summed E-state index contributed by atoms with van der Waals surface area (Å²) in [6.45, 7) is 5.04. The molecule has 0 saturated heterocycles. The van der Waals surface area contributed by atoms with Crippen molar-refractivity contribution < 1.29 is 5.11 Å². The van der Waals surface area contributed by atoms with E-state index in [1.165, 1.54) is 57.8 Å². The molecule has 7 atom stereocenters. The Morgan fingerprint density at radius 1 is 0.750 bits per heavy atom. The molecule has 0 aliphatic heterocycles. The first kappa shape index (κ1) is 13.6. The van der Waals surface area contributed by atoms with Crippen molar-refractivity contribution in [3.05, 3.63) is 0 Å². The van der Waals surface area contributed by atoms with E-state index in [-0.39, 0.29) is 11.5 Å². The van der Waals surface area contributed by atoms with Crippen LogP contribution < -0.4 is 0 Å². The predicted molar refractivity (Wildman–Crippen MR) is 82.4 cm³/mol. The molecule has 4 fully saturated rings. The van der Waals surface area contributed by atoms with Gasteiger partial charge in [-0.25, -0.2) is 0 Å². The summed E-state index contributed by atoms with van der Waals surface area (Å²) >= 11 is 0. The standard InChI is InChI=1S/C19H32O/c1-18-11-4-3-5-13(18)6-7-14-15-8-9-17(20)19(15,2)12-10-16(14)18/h13-17,20H,3-12H2,1-2H3/t13-,14-,15-,16-,17-,18-,19-/m0/s1. The molecule has 0 aromatic heterocycles. The van der Waals surface area contributed by atoms with Gasteiger partial charge < -0.3 is 5.11 Å². The summed E-state index contributed by atoms with van der Waals surface area (Å²) in [6.07, 6.45) is 14.0. The molecule has 0 amide bonds. The first-order valence-corrected chi connectivity index (χ1v) is 9.24. The van der Waals surface area contributed by atoms with Crippen LogP contribution in [0.1, 0.15) is 78.1 Å². The highest BCUT2D eigenvalue weighted by Crippen LogP contribution is 2.66. The number of fused-ring (bicyclic) bond motifs is 5. The van der Waals surface area contributed by atoms with E-state index < -0.39 is 0 Å². The minimum Gasteiger partial charge on any atom is -0.393 e. The van der Waals surface area contributed by atoms with Gasteiger partial charge in [0.1, 0.15) is 0 Å². The summed E-state index contributed by atoms with van der Waals surface area (Å²) in [7, 11) is 0. The molecule has 0 spiro atoms. The van der Waals surface area contributed by atoms with Gasteiger partial charge in [-0.1, -0.05) is 26.7 Å². The van der Waals surface area contributed by atoms with Crippen molar-refractivity contribution in [3.63, 3.8) is 0 Å². The van der Waals surface area contributed by atoms with Crippen molar-refractivity contribution in [1.29, 1.82) is 0 Å². The maximum Gasteiger partial charge on any atom is 0.0596 e. The van der Waals surface area contributed by atoms with E-state index in [9.17, 15) is 5.11 Å². The zero-order valence-corrected chi connectivity index (χ0v) is 13.4. The van der Waals surface area contributed by atoms with Gasteiger partial charge in [0.15, 0.2) is 0 Å². The Hall–Kier alpha value is -0.0400. The second kappa shape index (κ2) is 4.48. The molecular weight excluding hydrogens is 244 g/mol. The molecule has 4 aliphatic rings. The molecule has 4 rings (SSSR count). The zero-order valence-electron chi connectivity index (χ0n) is 13.4. The third-order valence-corrected chi connectivity index (χ3v) is 8.53. The molecule has 0 aromatic rings. The van der Waals surface area contributed by atoms with Crippen molar-refractivity contribution in [1.82, 2.24) is 0 Å². The molecule has 20 heavy (non-hydrogen) atoms. The summed E-state index contributed by atoms with van der Waals surface area (Å²) in [6, 6.07) is 0. The lowest BCUT2D eigenvalue weighted by Crippen LogP contribution is -2.53. The molecule has 0 unspecified atom stereocenters. The smallest absolute Gasteiger partial charge is 0.0596 e. The highest BCUT2D eigenvalue weighted by atomic mass is 16.3. The number of aliphatic hydroxyl groups is 1. The normalized spacial score (nSPS) is 58.6. The fraction of sp³-hybridized carbons (Fsp3) is 1.00. The largest absolute Gasteiger partial charge is 0.393 e. The van der Waals surface area contributed by atoms with Gasteiger partial charge in [0, 0.05) is 0 Å². The quantitative estimate of drug-likeness (QED) is 0.675. The number of hydrogen-bond acceptors (Lipinski definition) is 1. The van der Waals surface area contributed by atoms with E-state index >= 15 is 0 Å². The van der Waals surface area contributed by atoms with Gasteiger partial charge in [-0.05, 0) is 85.9 Å². The Morgan fingerprint density at radius 2 is 1.55 bits per heavy atom. The third kappa shape index (κ3) is 1.65. The summed E-state index contributed by atoms with van der Waals surface area (Å²) in [5.41, 5.74) is 0.912. The van der Waals surface area contributed by atoms with Crippen LogP contribution in [0.25, 0.3) is 0 Å². The van der Waals surface area contributed by atoms with Crippen LogP contribution in [0, 0.1) is 34.5 Å². The van der Waals surface area contributed by atoms with Gasteiger partial charge in [0.25, 0.3) is 0 Å². The van der Waals surface area contributed by atoms with Crippen LogP contribution in [0.15, 0.2) is 0 Å². The highest BCUT2D eigenvalue weighted by Gasteiger charge is 2.59. The Morgan fingerprint density at radius 3 is 2.40 bits per heavy atom. The minimum absolute atomic E-state index is 0.00895. The lowest BCUT2D eigenvalue weighted by Gasteiger charge is -2.60. The van der Waals surface area contributed by atoms with E-state index in [0.717, 1.165) is 30.1 Å². The first-order chi connectivity index (χ1) is 9.56.